The molecule has 1 aliphatic heterocycles. The topological polar surface area (TPSA) is 52.6 Å². The summed E-state index contributed by atoms with van der Waals surface area (Å²) >= 11 is 0. The first-order chi connectivity index (χ1) is 11.3. The summed E-state index contributed by atoms with van der Waals surface area (Å²) in [6.07, 6.45) is 2.55. The maximum atomic E-state index is 5.72. The average Bonchev–Trinajstić information content (AvgIpc) is 3.00. The molecule has 0 unspecified atom stereocenters. The standard InChI is InChI=1S/C18H26N4O/c1-3-23-16-8-10-22(11-9-16)18(19-2)20-13-15-12-14-6-4-5-7-17(14)21-15/h4-7,12,16,21H,3,8-11,13H2,1-2H3,(H,19,20). The van der Waals surface area contributed by atoms with Crippen LogP contribution >= 0.6 is 0 Å². The molecule has 23 heavy (non-hydrogen) atoms. The normalized spacial score (nSPS) is 17.0. The summed E-state index contributed by atoms with van der Waals surface area (Å²) in [5.74, 6) is 0.971. The lowest BCUT2D eigenvalue weighted by molar-refractivity contribution is 0.0263. The predicted molar refractivity (Wildman–Crippen MR) is 94.7 cm³/mol. The van der Waals surface area contributed by atoms with Gasteiger partial charge in [-0.2, -0.15) is 0 Å². The predicted octanol–water partition coefficient (Wildman–Crippen LogP) is 2.74. The lowest BCUT2D eigenvalue weighted by atomic mass is 10.1. The van der Waals surface area contributed by atoms with Crippen LogP contribution in [0.1, 0.15) is 25.5 Å². The molecule has 0 spiro atoms. The van der Waals surface area contributed by atoms with Gasteiger partial charge in [0, 0.05) is 38.0 Å². The zero-order valence-electron chi connectivity index (χ0n) is 14.0. The van der Waals surface area contributed by atoms with E-state index in [1.165, 1.54) is 16.6 Å². The fourth-order valence-corrected chi connectivity index (χ4v) is 3.21. The SMILES string of the molecule is CCOC1CCN(C(=NC)NCc2cc3ccccc3[nH]2)CC1. The molecule has 2 aromatic rings. The van der Waals surface area contributed by atoms with Crippen LogP contribution in [0.25, 0.3) is 10.9 Å². The van der Waals surface area contributed by atoms with Gasteiger partial charge in [-0.05, 0) is 37.3 Å². The summed E-state index contributed by atoms with van der Waals surface area (Å²) in [5, 5.41) is 4.71. The first kappa shape index (κ1) is 15.9. The Kier molecular flexibility index (Phi) is 5.18. The zero-order chi connectivity index (χ0) is 16.1. The van der Waals surface area contributed by atoms with Crippen molar-refractivity contribution in [1.82, 2.24) is 15.2 Å². The first-order valence-electron chi connectivity index (χ1n) is 8.44. The number of likely N-dealkylation sites (tertiary alicyclic amines) is 1. The van der Waals surface area contributed by atoms with Crippen LogP contribution in [0.15, 0.2) is 35.3 Å². The molecule has 5 nitrogen and oxygen atoms in total. The summed E-state index contributed by atoms with van der Waals surface area (Å²) in [5.41, 5.74) is 2.35. The second-order valence-electron chi connectivity index (χ2n) is 5.92. The number of nitrogens with zero attached hydrogens (tertiary/aromatic N) is 2. The molecule has 2 heterocycles. The number of nitrogens with one attached hydrogen (secondary N) is 2. The molecule has 1 aliphatic rings. The quantitative estimate of drug-likeness (QED) is 0.674. The molecule has 2 N–H and O–H groups in total. The number of hydrogen-bond donors (Lipinski definition) is 2. The van der Waals surface area contributed by atoms with Crippen LogP contribution < -0.4 is 5.32 Å². The van der Waals surface area contributed by atoms with Gasteiger partial charge in [-0.3, -0.25) is 4.99 Å². The first-order valence-corrected chi connectivity index (χ1v) is 8.44. The molecular formula is C18H26N4O. The summed E-state index contributed by atoms with van der Waals surface area (Å²) in [6.45, 7) is 5.62. The minimum Gasteiger partial charge on any atom is -0.378 e. The minimum atomic E-state index is 0.406. The Morgan fingerprint density at radius 1 is 1.35 bits per heavy atom. The van der Waals surface area contributed by atoms with Crippen molar-refractivity contribution in [3.05, 3.63) is 36.0 Å². The van der Waals surface area contributed by atoms with Crippen LogP contribution in [-0.2, 0) is 11.3 Å². The van der Waals surface area contributed by atoms with Crippen molar-refractivity contribution in [2.75, 3.05) is 26.7 Å². The second kappa shape index (κ2) is 7.51. The van der Waals surface area contributed by atoms with E-state index in [1.807, 2.05) is 7.05 Å². The Bertz CT molecular complexity index is 623. The van der Waals surface area contributed by atoms with E-state index in [0.717, 1.165) is 45.0 Å². The van der Waals surface area contributed by atoms with E-state index in [1.54, 1.807) is 0 Å². The van der Waals surface area contributed by atoms with Gasteiger partial charge in [-0.15, -0.1) is 0 Å². The summed E-state index contributed by atoms with van der Waals surface area (Å²) in [7, 11) is 1.85. The Morgan fingerprint density at radius 2 is 2.13 bits per heavy atom. The Morgan fingerprint density at radius 3 is 2.83 bits per heavy atom. The monoisotopic (exact) mass is 314 g/mol. The van der Waals surface area contributed by atoms with Crippen LogP contribution in [0.3, 0.4) is 0 Å². The number of aromatic nitrogens is 1. The third kappa shape index (κ3) is 3.85. The van der Waals surface area contributed by atoms with Crippen LogP contribution in [0.4, 0.5) is 0 Å². The number of aliphatic imine (C=N–C) groups is 1. The molecule has 124 valence electrons. The maximum Gasteiger partial charge on any atom is 0.193 e. The number of aromatic amines is 1. The number of benzene rings is 1. The third-order valence-corrected chi connectivity index (χ3v) is 4.38. The highest BCUT2D eigenvalue weighted by atomic mass is 16.5. The zero-order valence-corrected chi connectivity index (χ0v) is 14.0. The van der Waals surface area contributed by atoms with Crippen molar-refractivity contribution in [2.45, 2.75) is 32.4 Å². The molecule has 1 aromatic carbocycles. The molecule has 0 atom stereocenters. The minimum absolute atomic E-state index is 0.406. The van der Waals surface area contributed by atoms with Crippen LogP contribution in [0.2, 0.25) is 0 Å². The van der Waals surface area contributed by atoms with E-state index in [2.05, 4.69) is 57.4 Å². The van der Waals surface area contributed by atoms with Crippen molar-refractivity contribution in [3.63, 3.8) is 0 Å². The molecule has 0 radical (unpaired) electrons. The van der Waals surface area contributed by atoms with Gasteiger partial charge in [0.15, 0.2) is 5.96 Å². The van der Waals surface area contributed by atoms with Gasteiger partial charge in [0.1, 0.15) is 0 Å². The van der Waals surface area contributed by atoms with Gasteiger partial charge < -0.3 is 19.9 Å². The van der Waals surface area contributed by atoms with Crippen molar-refractivity contribution < 1.29 is 4.74 Å². The fraction of sp³-hybridized carbons (Fsp3) is 0.500. The van der Waals surface area contributed by atoms with Gasteiger partial charge in [-0.25, -0.2) is 0 Å². The molecule has 3 rings (SSSR count). The summed E-state index contributed by atoms with van der Waals surface area (Å²) in [6, 6.07) is 10.5. The van der Waals surface area contributed by atoms with Crippen LogP contribution in [-0.4, -0.2) is 48.7 Å². The number of rotatable bonds is 4. The molecule has 1 saturated heterocycles. The highest BCUT2D eigenvalue weighted by Crippen LogP contribution is 2.16. The molecule has 0 aliphatic carbocycles. The van der Waals surface area contributed by atoms with E-state index in [9.17, 15) is 0 Å². The number of fused-ring (bicyclic) bond motifs is 1. The lowest BCUT2D eigenvalue weighted by Gasteiger charge is -2.34. The number of hydrogen-bond acceptors (Lipinski definition) is 2. The Labute approximate surface area is 137 Å². The fourth-order valence-electron chi connectivity index (χ4n) is 3.21. The highest BCUT2D eigenvalue weighted by molar-refractivity contribution is 5.81. The van der Waals surface area contributed by atoms with E-state index < -0.39 is 0 Å². The lowest BCUT2D eigenvalue weighted by Crippen LogP contribution is -2.46. The number of piperidine rings is 1. The van der Waals surface area contributed by atoms with Crippen molar-refractivity contribution in [1.29, 1.82) is 0 Å². The Hall–Kier alpha value is -2.01. The van der Waals surface area contributed by atoms with Crippen molar-refractivity contribution in [3.8, 4) is 0 Å². The molecule has 0 bridgehead atoms. The average molecular weight is 314 g/mol. The van der Waals surface area contributed by atoms with Crippen LogP contribution in [0, 0.1) is 0 Å². The molecule has 0 amide bonds. The number of H-pyrrole nitrogens is 1. The Balaban J connectivity index is 1.56. The third-order valence-electron chi connectivity index (χ3n) is 4.38. The van der Waals surface area contributed by atoms with Gasteiger partial charge in [0.05, 0.1) is 12.6 Å². The number of guanidine groups is 1. The number of para-hydroxylation sites is 1. The second-order valence-corrected chi connectivity index (χ2v) is 5.92. The van der Waals surface area contributed by atoms with Gasteiger partial charge >= 0.3 is 0 Å². The summed E-state index contributed by atoms with van der Waals surface area (Å²) in [4.78, 5) is 10.2. The van der Waals surface area contributed by atoms with Crippen molar-refractivity contribution >= 4 is 16.9 Å². The molecule has 1 fully saturated rings. The number of ether oxygens (including phenoxy) is 1. The van der Waals surface area contributed by atoms with E-state index >= 15 is 0 Å². The molecule has 5 heteroatoms. The van der Waals surface area contributed by atoms with Crippen molar-refractivity contribution in [2.24, 2.45) is 4.99 Å². The van der Waals surface area contributed by atoms with Crippen LogP contribution in [0.5, 0.6) is 0 Å². The van der Waals surface area contributed by atoms with E-state index in [-0.39, 0.29) is 0 Å². The molecule has 1 aromatic heterocycles. The van der Waals surface area contributed by atoms with E-state index in [0.29, 0.717) is 6.10 Å². The maximum absolute atomic E-state index is 5.72. The van der Waals surface area contributed by atoms with Gasteiger partial charge in [0.25, 0.3) is 0 Å². The van der Waals surface area contributed by atoms with Gasteiger partial charge in [0.2, 0.25) is 0 Å². The largest absolute Gasteiger partial charge is 0.378 e. The van der Waals surface area contributed by atoms with Gasteiger partial charge in [-0.1, -0.05) is 18.2 Å². The summed E-state index contributed by atoms with van der Waals surface area (Å²) < 4.78 is 5.72. The highest BCUT2D eigenvalue weighted by Gasteiger charge is 2.21. The smallest absolute Gasteiger partial charge is 0.193 e. The molecule has 0 saturated carbocycles. The molecular weight excluding hydrogens is 288 g/mol. The van der Waals surface area contributed by atoms with E-state index in [4.69, 9.17) is 4.74 Å².